The predicted octanol–water partition coefficient (Wildman–Crippen LogP) is 2.79. The first-order valence-electron chi connectivity index (χ1n) is 5.42. The Kier molecular flexibility index (Phi) is 2.07. The number of anilines is 1. The van der Waals surface area contributed by atoms with Gasteiger partial charge in [0.1, 0.15) is 5.75 Å². The van der Waals surface area contributed by atoms with Gasteiger partial charge in [-0.1, -0.05) is 30.3 Å². The highest BCUT2D eigenvalue weighted by Gasteiger charge is 2.25. The smallest absolute Gasteiger partial charge is 0.123 e. The molecule has 2 heteroatoms. The van der Waals surface area contributed by atoms with Crippen LogP contribution in [0.25, 0.3) is 0 Å². The van der Waals surface area contributed by atoms with Gasteiger partial charge in [0, 0.05) is 17.2 Å². The molecule has 0 amide bonds. The van der Waals surface area contributed by atoms with E-state index in [9.17, 15) is 0 Å². The number of nitrogens with two attached hydrogens (primary N) is 1. The van der Waals surface area contributed by atoms with Crippen LogP contribution in [0.4, 0.5) is 5.69 Å². The number of fused-ring (bicyclic) bond motifs is 1. The summed E-state index contributed by atoms with van der Waals surface area (Å²) in [5, 5.41) is 0. The van der Waals surface area contributed by atoms with Gasteiger partial charge in [-0.15, -0.1) is 0 Å². The zero-order valence-corrected chi connectivity index (χ0v) is 8.89. The molecule has 0 aliphatic carbocycles. The number of hydrogen-bond acceptors (Lipinski definition) is 2. The molecule has 0 radical (unpaired) electrons. The number of hydrogen-bond donors (Lipinski definition) is 1. The molecule has 1 aliphatic heterocycles. The van der Waals surface area contributed by atoms with Crippen LogP contribution in [0.15, 0.2) is 48.5 Å². The van der Waals surface area contributed by atoms with Crippen molar-refractivity contribution in [3.05, 3.63) is 59.7 Å². The van der Waals surface area contributed by atoms with Crippen LogP contribution >= 0.6 is 0 Å². The molecule has 1 aliphatic rings. The van der Waals surface area contributed by atoms with Crippen LogP contribution in [-0.4, -0.2) is 6.61 Å². The minimum atomic E-state index is 0.319. The van der Waals surface area contributed by atoms with Gasteiger partial charge in [0.2, 0.25) is 0 Å². The van der Waals surface area contributed by atoms with Crippen molar-refractivity contribution >= 4 is 5.69 Å². The molecular weight excluding hydrogens is 198 g/mol. The molecule has 2 aromatic carbocycles. The molecule has 0 spiro atoms. The molecule has 0 aromatic heterocycles. The van der Waals surface area contributed by atoms with Crippen molar-refractivity contribution in [2.24, 2.45) is 0 Å². The Hall–Kier alpha value is -1.96. The van der Waals surface area contributed by atoms with Gasteiger partial charge < -0.3 is 10.5 Å². The Morgan fingerprint density at radius 3 is 2.69 bits per heavy atom. The molecule has 16 heavy (non-hydrogen) atoms. The Morgan fingerprint density at radius 2 is 1.88 bits per heavy atom. The van der Waals surface area contributed by atoms with Gasteiger partial charge >= 0.3 is 0 Å². The first-order chi connectivity index (χ1) is 7.84. The summed E-state index contributed by atoms with van der Waals surface area (Å²) in [7, 11) is 0. The van der Waals surface area contributed by atoms with Crippen LogP contribution in [0.2, 0.25) is 0 Å². The predicted molar refractivity (Wildman–Crippen MR) is 64.6 cm³/mol. The molecule has 2 nitrogen and oxygen atoms in total. The van der Waals surface area contributed by atoms with Gasteiger partial charge in [0.25, 0.3) is 0 Å². The lowest BCUT2D eigenvalue weighted by atomic mass is 9.93. The number of nitrogen functional groups attached to an aromatic ring is 1. The maximum Gasteiger partial charge on any atom is 0.123 e. The van der Waals surface area contributed by atoms with E-state index in [4.69, 9.17) is 10.5 Å². The van der Waals surface area contributed by atoms with Gasteiger partial charge in [-0.25, -0.2) is 0 Å². The van der Waals surface area contributed by atoms with Crippen LogP contribution in [0.5, 0.6) is 5.75 Å². The summed E-state index contributed by atoms with van der Waals surface area (Å²) < 4.78 is 5.66. The zero-order valence-electron chi connectivity index (χ0n) is 8.89. The van der Waals surface area contributed by atoms with Crippen molar-refractivity contribution in [1.82, 2.24) is 0 Å². The quantitative estimate of drug-likeness (QED) is 0.736. The van der Waals surface area contributed by atoms with Crippen LogP contribution in [0, 0.1) is 0 Å². The average molecular weight is 211 g/mol. The van der Waals surface area contributed by atoms with Crippen molar-refractivity contribution in [1.29, 1.82) is 0 Å². The zero-order chi connectivity index (χ0) is 11.0. The Bertz CT molecular complexity index is 507. The van der Waals surface area contributed by atoms with Gasteiger partial charge in [-0.3, -0.25) is 0 Å². The fraction of sp³-hybridized carbons (Fsp3) is 0.143. The number of rotatable bonds is 1. The van der Waals surface area contributed by atoms with Gasteiger partial charge in [-0.05, 0) is 23.8 Å². The van der Waals surface area contributed by atoms with E-state index in [1.165, 1.54) is 11.1 Å². The van der Waals surface area contributed by atoms with Crippen molar-refractivity contribution in [3.8, 4) is 5.75 Å². The summed E-state index contributed by atoms with van der Waals surface area (Å²) in [6.45, 7) is 0.711. The van der Waals surface area contributed by atoms with Crippen molar-refractivity contribution in [3.63, 3.8) is 0 Å². The molecule has 0 saturated carbocycles. The van der Waals surface area contributed by atoms with Crippen molar-refractivity contribution in [2.75, 3.05) is 12.3 Å². The van der Waals surface area contributed by atoms with Crippen molar-refractivity contribution in [2.45, 2.75) is 5.92 Å². The molecule has 80 valence electrons. The lowest BCUT2D eigenvalue weighted by Gasteiger charge is -2.09. The summed E-state index contributed by atoms with van der Waals surface area (Å²) in [6, 6.07) is 16.2. The summed E-state index contributed by atoms with van der Waals surface area (Å²) in [4.78, 5) is 0. The fourth-order valence-electron chi connectivity index (χ4n) is 2.19. The van der Waals surface area contributed by atoms with E-state index >= 15 is 0 Å². The standard InChI is InChI=1S/C14H13NO/c15-11-6-7-14-12(8-11)13(9-16-14)10-4-2-1-3-5-10/h1-8,13H,9,15H2. The second kappa shape index (κ2) is 3.56. The van der Waals surface area contributed by atoms with E-state index < -0.39 is 0 Å². The molecule has 2 N–H and O–H groups in total. The molecule has 0 bridgehead atoms. The SMILES string of the molecule is Nc1ccc2c(c1)C(c1ccccc1)CO2. The molecule has 2 aromatic rings. The molecule has 1 unspecified atom stereocenters. The van der Waals surface area contributed by atoms with Crippen LogP contribution in [0.3, 0.4) is 0 Å². The van der Waals surface area contributed by atoms with E-state index in [0.29, 0.717) is 12.5 Å². The van der Waals surface area contributed by atoms with E-state index in [-0.39, 0.29) is 0 Å². The average Bonchev–Trinajstić information content (AvgIpc) is 2.73. The monoisotopic (exact) mass is 211 g/mol. The number of benzene rings is 2. The lowest BCUT2D eigenvalue weighted by Crippen LogP contribution is -2.02. The van der Waals surface area contributed by atoms with Crippen LogP contribution in [-0.2, 0) is 0 Å². The fourth-order valence-corrected chi connectivity index (χ4v) is 2.19. The first kappa shape index (κ1) is 9.28. The maximum atomic E-state index is 5.82. The highest BCUT2D eigenvalue weighted by Crippen LogP contribution is 2.38. The van der Waals surface area contributed by atoms with Gasteiger partial charge in [-0.2, -0.15) is 0 Å². The van der Waals surface area contributed by atoms with Crippen LogP contribution in [0.1, 0.15) is 17.0 Å². The second-order valence-electron chi connectivity index (χ2n) is 4.07. The minimum absolute atomic E-state index is 0.319. The Morgan fingerprint density at radius 1 is 1.06 bits per heavy atom. The summed E-state index contributed by atoms with van der Waals surface area (Å²) in [5.41, 5.74) is 9.10. The van der Waals surface area contributed by atoms with Gasteiger partial charge in [0.15, 0.2) is 0 Å². The van der Waals surface area contributed by atoms with E-state index in [1.54, 1.807) is 0 Å². The normalized spacial score (nSPS) is 17.9. The Labute approximate surface area is 94.7 Å². The van der Waals surface area contributed by atoms with E-state index in [1.807, 2.05) is 24.3 Å². The minimum Gasteiger partial charge on any atom is -0.492 e. The highest BCUT2D eigenvalue weighted by atomic mass is 16.5. The Balaban J connectivity index is 2.06. The highest BCUT2D eigenvalue weighted by molar-refractivity contribution is 5.53. The molecule has 1 heterocycles. The lowest BCUT2D eigenvalue weighted by molar-refractivity contribution is 0.343. The maximum absolute atomic E-state index is 5.82. The molecule has 1 atom stereocenters. The summed E-state index contributed by atoms with van der Waals surface area (Å²) in [5.74, 6) is 1.28. The molecular formula is C14H13NO. The van der Waals surface area contributed by atoms with E-state index in [0.717, 1.165) is 11.4 Å². The molecule has 0 fully saturated rings. The van der Waals surface area contributed by atoms with E-state index in [2.05, 4.69) is 24.3 Å². The third-order valence-electron chi connectivity index (χ3n) is 3.02. The second-order valence-corrected chi connectivity index (χ2v) is 4.07. The topological polar surface area (TPSA) is 35.2 Å². The number of ether oxygens (including phenoxy) is 1. The van der Waals surface area contributed by atoms with Crippen LogP contribution < -0.4 is 10.5 Å². The summed E-state index contributed by atoms with van der Waals surface area (Å²) >= 11 is 0. The van der Waals surface area contributed by atoms with Gasteiger partial charge in [0.05, 0.1) is 6.61 Å². The third-order valence-corrected chi connectivity index (χ3v) is 3.02. The third kappa shape index (κ3) is 1.43. The molecule has 3 rings (SSSR count). The summed E-state index contributed by atoms with van der Waals surface area (Å²) in [6.07, 6.45) is 0. The first-order valence-corrected chi connectivity index (χ1v) is 5.42. The van der Waals surface area contributed by atoms with Crippen molar-refractivity contribution < 1.29 is 4.74 Å². The molecule has 0 saturated heterocycles. The largest absolute Gasteiger partial charge is 0.492 e.